The number of amides is 1. The molecule has 0 radical (unpaired) electrons. The molecule has 2 heterocycles. The number of piperazine rings is 1. The van der Waals surface area contributed by atoms with E-state index in [2.05, 4.69) is 32.1 Å². The molecular weight excluding hydrogens is 400 g/mol. The Bertz CT molecular complexity index is 811. The number of carbonyl (C=O) groups is 1. The summed E-state index contributed by atoms with van der Waals surface area (Å²) in [6.07, 6.45) is 5.21. The highest BCUT2D eigenvalue weighted by atomic mass is 16.5. The molecule has 0 bridgehead atoms. The van der Waals surface area contributed by atoms with E-state index in [1.807, 2.05) is 42.5 Å². The molecule has 0 saturated carbocycles. The second-order valence-electron chi connectivity index (χ2n) is 8.78. The van der Waals surface area contributed by atoms with Gasteiger partial charge in [-0.05, 0) is 49.2 Å². The second kappa shape index (κ2) is 11.9. The number of para-hydroxylation sites is 1. The second-order valence-corrected chi connectivity index (χ2v) is 8.78. The van der Waals surface area contributed by atoms with Crippen LogP contribution in [0.4, 0.5) is 11.4 Å². The number of hydrogen-bond acceptors (Lipinski definition) is 5. The fourth-order valence-corrected chi connectivity index (χ4v) is 4.47. The van der Waals surface area contributed by atoms with Gasteiger partial charge in [0.1, 0.15) is 12.4 Å². The van der Waals surface area contributed by atoms with Gasteiger partial charge in [0.05, 0.1) is 6.54 Å². The Morgan fingerprint density at radius 2 is 1.44 bits per heavy atom. The van der Waals surface area contributed by atoms with Crippen molar-refractivity contribution in [2.24, 2.45) is 0 Å². The van der Waals surface area contributed by atoms with Crippen LogP contribution in [-0.2, 0) is 4.79 Å². The predicted molar refractivity (Wildman–Crippen MR) is 131 cm³/mol. The van der Waals surface area contributed by atoms with Gasteiger partial charge in [-0.15, -0.1) is 0 Å². The molecular formula is C26H36N4O2. The zero-order chi connectivity index (χ0) is 22.0. The van der Waals surface area contributed by atoms with E-state index in [1.165, 1.54) is 31.4 Å². The molecule has 2 aromatic rings. The number of nitrogens with zero attached hydrogens (tertiary/aromatic N) is 3. The molecule has 1 N–H and O–H groups in total. The maximum atomic E-state index is 12.5. The maximum Gasteiger partial charge on any atom is 0.238 e. The van der Waals surface area contributed by atoms with E-state index >= 15 is 0 Å². The molecule has 2 fully saturated rings. The Balaban J connectivity index is 1.14. The average Bonchev–Trinajstić information content (AvgIpc) is 3.11. The molecule has 0 aromatic heterocycles. The lowest BCUT2D eigenvalue weighted by Crippen LogP contribution is -2.49. The molecule has 32 heavy (non-hydrogen) atoms. The van der Waals surface area contributed by atoms with Crippen molar-refractivity contribution < 1.29 is 9.53 Å². The molecule has 2 aromatic carbocycles. The SMILES string of the molecule is O=C(CN1CCN(CCOc2ccccc2)CC1)Nc1ccc(N2CCCCCC2)cc1. The first kappa shape index (κ1) is 22.6. The van der Waals surface area contributed by atoms with E-state index in [-0.39, 0.29) is 5.91 Å². The van der Waals surface area contributed by atoms with E-state index < -0.39 is 0 Å². The monoisotopic (exact) mass is 436 g/mol. The van der Waals surface area contributed by atoms with Gasteiger partial charge in [-0.2, -0.15) is 0 Å². The highest BCUT2D eigenvalue weighted by molar-refractivity contribution is 5.92. The predicted octanol–water partition coefficient (Wildman–Crippen LogP) is 3.70. The van der Waals surface area contributed by atoms with E-state index in [1.54, 1.807) is 0 Å². The van der Waals surface area contributed by atoms with Crippen molar-refractivity contribution in [2.75, 3.05) is 69.2 Å². The van der Waals surface area contributed by atoms with Crippen LogP contribution in [0.1, 0.15) is 25.7 Å². The van der Waals surface area contributed by atoms with Crippen LogP contribution in [0.3, 0.4) is 0 Å². The summed E-state index contributed by atoms with van der Waals surface area (Å²) in [5, 5.41) is 3.06. The van der Waals surface area contributed by atoms with Gasteiger partial charge >= 0.3 is 0 Å². The Hall–Kier alpha value is -2.57. The summed E-state index contributed by atoms with van der Waals surface area (Å²) in [6, 6.07) is 18.3. The summed E-state index contributed by atoms with van der Waals surface area (Å²) < 4.78 is 5.80. The van der Waals surface area contributed by atoms with Gasteiger partial charge in [-0.3, -0.25) is 14.6 Å². The fraction of sp³-hybridized carbons (Fsp3) is 0.500. The first-order chi connectivity index (χ1) is 15.8. The Morgan fingerprint density at radius 3 is 2.12 bits per heavy atom. The van der Waals surface area contributed by atoms with Gasteiger partial charge in [0.25, 0.3) is 0 Å². The third-order valence-electron chi connectivity index (χ3n) is 6.37. The Kier molecular flexibility index (Phi) is 8.40. The van der Waals surface area contributed by atoms with E-state index in [0.29, 0.717) is 13.2 Å². The smallest absolute Gasteiger partial charge is 0.238 e. The molecule has 6 heteroatoms. The molecule has 0 atom stereocenters. The molecule has 2 aliphatic rings. The van der Waals surface area contributed by atoms with E-state index in [4.69, 9.17) is 4.74 Å². The lowest BCUT2D eigenvalue weighted by Gasteiger charge is -2.34. The topological polar surface area (TPSA) is 48.1 Å². The number of anilines is 2. The minimum Gasteiger partial charge on any atom is -0.492 e. The van der Waals surface area contributed by atoms with Crippen LogP contribution in [0.25, 0.3) is 0 Å². The highest BCUT2D eigenvalue weighted by Gasteiger charge is 2.19. The number of carbonyl (C=O) groups excluding carboxylic acids is 1. The van der Waals surface area contributed by atoms with Crippen molar-refractivity contribution in [1.82, 2.24) is 9.80 Å². The molecule has 2 saturated heterocycles. The van der Waals surface area contributed by atoms with Gasteiger partial charge in [0.2, 0.25) is 5.91 Å². The van der Waals surface area contributed by atoms with Crippen molar-refractivity contribution in [1.29, 1.82) is 0 Å². The van der Waals surface area contributed by atoms with Crippen LogP contribution in [0.15, 0.2) is 54.6 Å². The normalized spacial score (nSPS) is 18.2. The lowest BCUT2D eigenvalue weighted by molar-refractivity contribution is -0.117. The average molecular weight is 437 g/mol. The number of benzene rings is 2. The zero-order valence-electron chi connectivity index (χ0n) is 19.0. The molecule has 4 rings (SSSR count). The summed E-state index contributed by atoms with van der Waals surface area (Å²) in [7, 11) is 0. The van der Waals surface area contributed by atoms with Gasteiger partial charge in [0, 0.05) is 57.2 Å². The Morgan fingerprint density at radius 1 is 0.781 bits per heavy atom. The quantitative estimate of drug-likeness (QED) is 0.684. The van der Waals surface area contributed by atoms with Crippen LogP contribution in [0, 0.1) is 0 Å². The van der Waals surface area contributed by atoms with Crippen molar-refractivity contribution in [3.8, 4) is 5.75 Å². The van der Waals surface area contributed by atoms with Crippen LogP contribution in [-0.4, -0.2) is 74.7 Å². The van der Waals surface area contributed by atoms with Crippen LogP contribution in [0.5, 0.6) is 5.75 Å². The summed E-state index contributed by atoms with van der Waals surface area (Å²) >= 11 is 0. The number of nitrogens with one attached hydrogen (secondary N) is 1. The fourth-order valence-electron chi connectivity index (χ4n) is 4.47. The molecule has 2 aliphatic heterocycles. The number of hydrogen-bond donors (Lipinski definition) is 1. The van der Waals surface area contributed by atoms with E-state index in [0.717, 1.165) is 57.3 Å². The molecule has 6 nitrogen and oxygen atoms in total. The van der Waals surface area contributed by atoms with Crippen molar-refractivity contribution >= 4 is 17.3 Å². The molecule has 1 amide bonds. The molecule has 0 spiro atoms. The number of ether oxygens (including phenoxy) is 1. The van der Waals surface area contributed by atoms with Crippen LogP contribution in [0.2, 0.25) is 0 Å². The lowest BCUT2D eigenvalue weighted by atomic mass is 10.2. The van der Waals surface area contributed by atoms with Gasteiger partial charge in [-0.25, -0.2) is 0 Å². The van der Waals surface area contributed by atoms with Crippen molar-refractivity contribution in [3.63, 3.8) is 0 Å². The van der Waals surface area contributed by atoms with Gasteiger partial charge in [-0.1, -0.05) is 31.0 Å². The van der Waals surface area contributed by atoms with Crippen molar-refractivity contribution in [2.45, 2.75) is 25.7 Å². The van der Waals surface area contributed by atoms with E-state index in [9.17, 15) is 4.79 Å². The third-order valence-corrected chi connectivity index (χ3v) is 6.37. The largest absolute Gasteiger partial charge is 0.492 e. The first-order valence-corrected chi connectivity index (χ1v) is 12.0. The first-order valence-electron chi connectivity index (χ1n) is 12.0. The minimum atomic E-state index is 0.0633. The van der Waals surface area contributed by atoms with Crippen LogP contribution < -0.4 is 15.0 Å². The molecule has 172 valence electrons. The highest BCUT2D eigenvalue weighted by Crippen LogP contribution is 2.21. The summed E-state index contributed by atoms with van der Waals surface area (Å²) in [5.41, 5.74) is 2.14. The van der Waals surface area contributed by atoms with Crippen LogP contribution >= 0.6 is 0 Å². The summed E-state index contributed by atoms with van der Waals surface area (Å²) in [5.74, 6) is 0.982. The number of rotatable bonds is 8. The van der Waals surface area contributed by atoms with Gasteiger partial charge in [0.15, 0.2) is 0 Å². The van der Waals surface area contributed by atoms with Crippen molar-refractivity contribution in [3.05, 3.63) is 54.6 Å². The summed E-state index contributed by atoms with van der Waals surface area (Å²) in [6.45, 7) is 8.08. The minimum absolute atomic E-state index is 0.0633. The zero-order valence-corrected chi connectivity index (χ0v) is 19.0. The third kappa shape index (κ3) is 6.97. The molecule has 0 aliphatic carbocycles. The standard InChI is InChI=1S/C26H36N4O2/c31-26(27-23-10-12-24(13-11-23)30-14-6-1-2-7-15-30)22-29-18-16-28(17-19-29)20-21-32-25-8-4-3-5-9-25/h3-5,8-13H,1-2,6-7,14-22H2,(H,27,31). The molecule has 0 unspecified atom stereocenters. The Labute approximate surface area is 192 Å². The van der Waals surface area contributed by atoms with Gasteiger partial charge < -0.3 is 15.0 Å². The maximum absolute atomic E-state index is 12.5. The summed E-state index contributed by atoms with van der Waals surface area (Å²) in [4.78, 5) is 19.6.